The Bertz CT molecular complexity index is 1050. The van der Waals surface area contributed by atoms with E-state index in [1.807, 2.05) is 18.3 Å². The lowest BCUT2D eigenvalue weighted by Crippen LogP contribution is -2.46. The van der Waals surface area contributed by atoms with Gasteiger partial charge in [0.2, 0.25) is 0 Å². The minimum atomic E-state index is 0.0947. The second kappa shape index (κ2) is 9.74. The molecule has 2 aliphatic heterocycles. The summed E-state index contributed by atoms with van der Waals surface area (Å²) in [6.07, 6.45) is 7.46. The zero-order chi connectivity index (χ0) is 21.8. The molecule has 0 bridgehead atoms. The first-order valence-corrected chi connectivity index (χ1v) is 12.1. The summed E-state index contributed by atoms with van der Waals surface area (Å²) in [5.74, 6) is 1.19. The topological polar surface area (TPSA) is 53.4 Å². The fraction of sp³-hybridized carbons (Fsp3) is 0.462. The number of aryl methyl sites for hydroxylation is 1. The molecule has 6 heteroatoms. The Morgan fingerprint density at radius 1 is 0.906 bits per heavy atom. The summed E-state index contributed by atoms with van der Waals surface area (Å²) in [5, 5.41) is 4.17. The Labute approximate surface area is 190 Å². The average molecular weight is 432 g/mol. The summed E-state index contributed by atoms with van der Waals surface area (Å²) in [7, 11) is 0. The number of hydrogen-bond donors (Lipinski definition) is 1. The number of piperazine rings is 1. The van der Waals surface area contributed by atoms with Crippen molar-refractivity contribution < 1.29 is 4.79 Å². The van der Waals surface area contributed by atoms with Gasteiger partial charge in [0.05, 0.1) is 5.56 Å². The van der Waals surface area contributed by atoms with E-state index in [2.05, 4.69) is 55.0 Å². The molecule has 0 unspecified atom stereocenters. The van der Waals surface area contributed by atoms with E-state index in [0.717, 1.165) is 75.3 Å². The van der Waals surface area contributed by atoms with Crippen LogP contribution in [0.25, 0.3) is 10.9 Å². The quantitative estimate of drug-likeness (QED) is 0.580. The molecule has 168 valence electrons. The molecule has 0 atom stereocenters. The number of pyridine rings is 1. The number of para-hydroxylation sites is 1. The van der Waals surface area contributed by atoms with Gasteiger partial charge in [0.1, 0.15) is 5.82 Å². The molecule has 1 amide bonds. The number of anilines is 1. The maximum atomic E-state index is 12.7. The SMILES string of the molecule is O=C1NCCCc2c1c1ccccc1n2CCCCCN1CCN(c2ccccn2)CC1. The van der Waals surface area contributed by atoms with Gasteiger partial charge >= 0.3 is 0 Å². The summed E-state index contributed by atoms with van der Waals surface area (Å²) >= 11 is 0. The van der Waals surface area contributed by atoms with Crippen LogP contribution in [0.15, 0.2) is 48.7 Å². The Morgan fingerprint density at radius 2 is 1.72 bits per heavy atom. The van der Waals surface area contributed by atoms with Crippen LogP contribution in [0, 0.1) is 0 Å². The van der Waals surface area contributed by atoms with Crippen molar-refractivity contribution in [3.05, 3.63) is 59.9 Å². The van der Waals surface area contributed by atoms with E-state index in [9.17, 15) is 4.79 Å². The van der Waals surface area contributed by atoms with Gasteiger partial charge in [0.15, 0.2) is 0 Å². The zero-order valence-electron chi connectivity index (χ0n) is 18.8. The second-order valence-corrected chi connectivity index (χ2v) is 8.93. The summed E-state index contributed by atoms with van der Waals surface area (Å²) in [4.78, 5) is 22.1. The number of rotatable bonds is 7. The molecule has 32 heavy (non-hydrogen) atoms. The highest BCUT2D eigenvalue weighted by Crippen LogP contribution is 2.29. The van der Waals surface area contributed by atoms with E-state index in [-0.39, 0.29) is 5.91 Å². The number of carbonyl (C=O) groups excluding carboxylic acids is 1. The predicted octanol–water partition coefficient (Wildman–Crippen LogP) is 3.70. The van der Waals surface area contributed by atoms with Crippen LogP contribution in [0.5, 0.6) is 0 Å². The normalized spacial score (nSPS) is 17.2. The first kappa shape index (κ1) is 21.0. The number of nitrogens with one attached hydrogen (secondary N) is 1. The molecule has 1 aromatic carbocycles. The van der Waals surface area contributed by atoms with Gasteiger partial charge in [-0.1, -0.05) is 30.7 Å². The van der Waals surface area contributed by atoms with Crippen molar-refractivity contribution in [3.63, 3.8) is 0 Å². The number of aromatic nitrogens is 2. The Hall–Kier alpha value is -2.86. The van der Waals surface area contributed by atoms with Crippen molar-refractivity contribution in [1.29, 1.82) is 0 Å². The molecule has 0 aliphatic carbocycles. The van der Waals surface area contributed by atoms with Gasteiger partial charge in [0, 0.05) is 62.1 Å². The van der Waals surface area contributed by atoms with Crippen LogP contribution in [0.4, 0.5) is 5.82 Å². The predicted molar refractivity (Wildman–Crippen MR) is 129 cm³/mol. The summed E-state index contributed by atoms with van der Waals surface area (Å²) in [5.41, 5.74) is 3.34. The van der Waals surface area contributed by atoms with Gasteiger partial charge in [-0.15, -0.1) is 0 Å². The third-order valence-electron chi connectivity index (χ3n) is 6.88. The lowest BCUT2D eigenvalue weighted by molar-refractivity contribution is 0.0957. The standard InChI is InChI=1S/C26H33N5O/c32-26-25-21-9-2-3-10-22(21)31(23(25)11-8-14-28-26)16-7-1-6-15-29-17-19-30(20-18-29)24-12-4-5-13-27-24/h2-5,9-10,12-13H,1,6-8,11,14-20H2,(H,28,32). The molecule has 2 aromatic heterocycles. The van der Waals surface area contributed by atoms with Crippen molar-refractivity contribution in [2.45, 2.75) is 38.6 Å². The van der Waals surface area contributed by atoms with Gasteiger partial charge in [-0.25, -0.2) is 4.98 Å². The van der Waals surface area contributed by atoms with Gasteiger partial charge in [-0.05, 0) is 50.4 Å². The summed E-state index contributed by atoms with van der Waals surface area (Å²) in [6, 6.07) is 14.5. The smallest absolute Gasteiger partial charge is 0.253 e. The highest BCUT2D eigenvalue weighted by molar-refractivity contribution is 6.08. The number of hydrogen-bond acceptors (Lipinski definition) is 4. The van der Waals surface area contributed by atoms with Crippen LogP contribution in [-0.4, -0.2) is 59.6 Å². The second-order valence-electron chi connectivity index (χ2n) is 8.93. The molecule has 4 heterocycles. The number of benzene rings is 1. The number of fused-ring (bicyclic) bond motifs is 3. The lowest BCUT2D eigenvalue weighted by atomic mass is 10.1. The Kier molecular flexibility index (Phi) is 6.39. The monoisotopic (exact) mass is 431 g/mol. The molecular weight excluding hydrogens is 398 g/mol. The minimum Gasteiger partial charge on any atom is -0.354 e. The van der Waals surface area contributed by atoms with Crippen molar-refractivity contribution in [1.82, 2.24) is 19.8 Å². The Balaban J connectivity index is 1.13. The third kappa shape index (κ3) is 4.37. The Morgan fingerprint density at radius 3 is 2.56 bits per heavy atom. The summed E-state index contributed by atoms with van der Waals surface area (Å²) < 4.78 is 2.42. The van der Waals surface area contributed by atoms with E-state index in [4.69, 9.17) is 0 Å². The molecule has 1 saturated heterocycles. The lowest BCUT2D eigenvalue weighted by Gasteiger charge is -2.35. The maximum absolute atomic E-state index is 12.7. The van der Waals surface area contributed by atoms with Crippen LogP contribution < -0.4 is 10.2 Å². The first-order valence-electron chi connectivity index (χ1n) is 12.1. The number of unbranched alkanes of at least 4 members (excludes halogenated alkanes) is 2. The number of carbonyl (C=O) groups is 1. The van der Waals surface area contributed by atoms with Crippen molar-refractivity contribution in [2.75, 3.05) is 44.2 Å². The highest BCUT2D eigenvalue weighted by atomic mass is 16.1. The largest absolute Gasteiger partial charge is 0.354 e. The maximum Gasteiger partial charge on any atom is 0.253 e. The first-order chi connectivity index (χ1) is 15.8. The molecule has 3 aromatic rings. The van der Waals surface area contributed by atoms with Gasteiger partial charge in [0.25, 0.3) is 5.91 Å². The van der Waals surface area contributed by atoms with Gasteiger partial charge in [-0.2, -0.15) is 0 Å². The van der Waals surface area contributed by atoms with Gasteiger partial charge < -0.3 is 14.8 Å². The van der Waals surface area contributed by atoms with Crippen LogP contribution in [0.1, 0.15) is 41.7 Å². The third-order valence-corrected chi connectivity index (χ3v) is 6.88. The van der Waals surface area contributed by atoms with Crippen molar-refractivity contribution in [2.24, 2.45) is 0 Å². The van der Waals surface area contributed by atoms with Crippen LogP contribution in [0.2, 0.25) is 0 Å². The van der Waals surface area contributed by atoms with E-state index in [0.29, 0.717) is 0 Å². The molecule has 5 rings (SSSR count). The van der Waals surface area contributed by atoms with Gasteiger partial charge in [-0.3, -0.25) is 9.69 Å². The molecule has 1 N–H and O–H groups in total. The highest BCUT2D eigenvalue weighted by Gasteiger charge is 2.24. The fourth-order valence-corrected chi connectivity index (χ4v) is 5.19. The molecule has 6 nitrogen and oxygen atoms in total. The van der Waals surface area contributed by atoms with E-state index < -0.39 is 0 Å². The minimum absolute atomic E-state index is 0.0947. The molecular formula is C26H33N5O. The molecule has 0 saturated carbocycles. The van der Waals surface area contributed by atoms with Crippen LogP contribution in [-0.2, 0) is 13.0 Å². The molecule has 1 fully saturated rings. The van der Waals surface area contributed by atoms with Crippen LogP contribution >= 0.6 is 0 Å². The van der Waals surface area contributed by atoms with Crippen LogP contribution in [0.3, 0.4) is 0 Å². The molecule has 0 spiro atoms. The van der Waals surface area contributed by atoms with E-state index >= 15 is 0 Å². The number of amides is 1. The zero-order valence-corrected chi connectivity index (χ0v) is 18.8. The molecule has 0 radical (unpaired) electrons. The van der Waals surface area contributed by atoms with E-state index in [1.165, 1.54) is 30.6 Å². The average Bonchev–Trinajstić information content (AvgIpc) is 3.02. The fourth-order valence-electron chi connectivity index (χ4n) is 5.19. The molecule has 2 aliphatic rings. The summed E-state index contributed by atoms with van der Waals surface area (Å²) in [6.45, 7) is 7.28. The van der Waals surface area contributed by atoms with E-state index in [1.54, 1.807) is 0 Å². The van der Waals surface area contributed by atoms with Crippen molar-refractivity contribution in [3.8, 4) is 0 Å². The van der Waals surface area contributed by atoms with Crippen molar-refractivity contribution >= 4 is 22.6 Å². The number of nitrogens with zero attached hydrogens (tertiary/aromatic N) is 4.